The highest BCUT2D eigenvalue weighted by molar-refractivity contribution is 5.91. The van der Waals surface area contributed by atoms with Crippen LogP contribution in [0.15, 0.2) is 24.3 Å². The molecule has 1 spiro atoms. The van der Waals surface area contributed by atoms with Gasteiger partial charge >= 0.3 is 6.03 Å². The fourth-order valence-electron chi connectivity index (χ4n) is 3.94. The van der Waals surface area contributed by atoms with Crippen LogP contribution in [0.4, 0.5) is 10.5 Å². The molecule has 0 aromatic heterocycles. The first-order valence-corrected chi connectivity index (χ1v) is 9.47. The minimum Gasteiger partial charge on any atom is -0.373 e. The minimum absolute atomic E-state index is 0.00286. The Bertz CT molecular complexity index is 653. The van der Waals surface area contributed by atoms with E-state index in [1.54, 1.807) is 19.0 Å². The van der Waals surface area contributed by atoms with E-state index < -0.39 is 0 Å². The van der Waals surface area contributed by atoms with Crippen LogP contribution in [0, 0.1) is 0 Å². The molecular weight excluding hydrogens is 330 g/mol. The standard InChI is InChI=1S/C20H29N3O3/c1-23(2)18(24)12-15-8-4-5-9-17(15)22-19(25)21-16-13-20(26-14-16)10-6-3-7-11-20/h4-5,8-9,16H,3,6-7,10-14H2,1-2H3,(H2,21,22,25)/t16-/m1/s1. The Balaban J connectivity index is 1.56. The van der Waals surface area contributed by atoms with E-state index in [0.717, 1.165) is 24.8 Å². The van der Waals surface area contributed by atoms with Crippen molar-refractivity contribution in [3.8, 4) is 0 Å². The van der Waals surface area contributed by atoms with Crippen LogP contribution in [0.25, 0.3) is 0 Å². The van der Waals surface area contributed by atoms with Crippen LogP contribution in [0.1, 0.15) is 44.1 Å². The summed E-state index contributed by atoms with van der Waals surface area (Å²) in [6.07, 6.45) is 7.06. The third kappa shape index (κ3) is 4.55. The Morgan fingerprint density at radius 2 is 1.92 bits per heavy atom. The second-order valence-corrected chi connectivity index (χ2v) is 7.68. The predicted molar refractivity (Wildman–Crippen MR) is 101 cm³/mol. The van der Waals surface area contributed by atoms with Gasteiger partial charge in [0, 0.05) is 19.8 Å². The molecule has 1 heterocycles. The summed E-state index contributed by atoms with van der Waals surface area (Å²) < 4.78 is 6.06. The summed E-state index contributed by atoms with van der Waals surface area (Å²) in [5, 5.41) is 5.93. The number of benzene rings is 1. The number of hydrogen-bond acceptors (Lipinski definition) is 3. The molecule has 2 fully saturated rings. The van der Waals surface area contributed by atoms with Gasteiger partial charge in [0.1, 0.15) is 0 Å². The summed E-state index contributed by atoms with van der Waals surface area (Å²) in [6.45, 7) is 0.578. The monoisotopic (exact) mass is 359 g/mol. The molecule has 6 nitrogen and oxygen atoms in total. The van der Waals surface area contributed by atoms with Crippen LogP contribution >= 0.6 is 0 Å². The first-order valence-electron chi connectivity index (χ1n) is 9.47. The minimum atomic E-state index is -0.240. The molecule has 0 bridgehead atoms. The Kier molecular flexibility index (Phi) is 5.81. The van der Waals surface area contributed by atoms with Gasteiger partial charge in [-0.1, -0.05) is 37.5 Å². The van der Waals surface area contributed by atoms with E-state index in [0.29, 0.717) is 12.3 Å². The van der Waals surface area contributed by atoms with Crippen LogP contribution in [0.2, 0.25) is 0 Å². The second kappa shape index (κ2) is 8.08. The Labute approximate surface area is 155 Å². The lowest BCUT2D eigenvalue weighted by Crippen LogP contribution is -2.40. The van der Waals surface area contributed by atoms with Crippen molar-refractivity contribution in [2.45, 2.75) is 56.6 Å². The Morgan fingerprint density at radius 3 is 2.65 bits per heavy atom. The third-order valence-corrected chi connectivity index (χ3v) is 5.42. The number of urea groups is 1. The fraction of sp³-hybridized carbons (Fsp3) is 0.600. The quantitative estimate of drug-likeness (QED) is 0.868. The van der Waals surface area contributed by atoms with Gasteiger partial charge in [0.05, 0.1) is 24.7 Å². The number of likely N-dealkylation sites (N-methyl/N-ethyl adjacent to an activating group) is 1. The van der Waals surface area contributed by atoms with Gasteiger partial charge in [-0.3, -0.25) is 4.79 Å². The lowest BCUT2D eigenvalue weighted by Gasteiger charge is -2.32. The Hall–Kier alpha value is -2.08. The van der Waals surface area contributed by atoms with Gasteiger partial charge in [-0.05, 0) is 30.9 Å². The van der Waals surface area contributed by atoms with Gasteiger partial charge in [0.25, 0.3) is 0 Å². The molecule has 1 aromatic carbocycles. The van der Waals surface area contributed by atoms with Gasteiger partial charge in [0.2, 0.25) is 5.91 Å². The average Bonchev–Trinajstić information content (AvgIpc) is 2.98. The van der Waals surface area contributed by atoms with E-state index in [2.05, 4.69) is 10.6 Å². The molecule has 2 aliphatic rings. The van der Waals surface area contributed by atoms with Crippen LogP contribution in [-0.4, -0.2) is 49.2 Å². The van der Waals surface area contributed by atoms with E-state index in [4.69, 9.17) is 4.74 Å². The molecule has 0 unspecified atom stereocenters. The van der Waals surface area contributed by atoms with Crippen LogP contribution in [0.5, 0.6) is 0 Å². The number of amides is 3. The fourth-order valence-corrected chi connectivity index (χ4v) is 3.94. The van der Waals surface area contributed by atoms with Crippen molar-refractivity contribution >= 4 is 17.6 Å². The summed E-state index contributed by atoms with van der Waals surface area (Å²) in [6, 6.07) is 7.23. The number of para-hydroxylation sites is 1. The van der Waals surface area contributed by atoms with Gasteiger partial charge in [-0.25, -0.2) is 4.79 Å². The number of ether oxygens (including phenoxy) is 1. The number of hydrogen-bond donors (Lipinski definition) is 2. The average molecular weight is 359 g/mol. The third-order valence-electron chi connectivity index (χ3n) is 5.42. The maximum absolute atomic E-state index is 12.4. The lowest BCUT2D eigenvalue weighted by atomic mass is 9.82. The van der Waals surface area contributed by atoms with Gasteiger partial charge in [-0.2, -0.15) is 0 Å². The maximum atomic E-state index is 12.4. The first-order chi connectivity index (χ1) is 12.5. The molecule has 142 valence electrons. The largest absolute Gasteiger partial charge is 0.373 e. The number of nitrogens with one attached hydrogen (secondary N) is 2. The summed E-state index contributed by atoms with van der Waals surface area (Å²) in [5.74, 6) is 0.00286. The van der Waals surface area contributed by atoms with Crippen LogP contribution in [0.3, 0.4) is 0 Å². The molecule has 1 saturated carbocycles. The topological polar surface area (TPSA) is 70.7 Å². The van der Waals surface area contributed by atoms with E-state index in [1.807, 2.05) is 24.3 Å². The van der Waals surface area contributed by atoms with E-state index in [1.165, 1.54) is 19.3 Å². The van der Waals surface area contributed by atoms with E-state index in [-0.39, 0.29) is 30.0 Å². The second-order valence-electron chi connectivity index (χ2n) is 7.68. The molecule has 3 amide bonds. The maximum Gasteiger partial charge on any atom is 0.319 e. The molecule has 6 heteroatoms. The van der Waals surface area contributed by atoms with Crippen LogP contribution in [-0.2, 0) is 16.0 Å². The summed E-state index contributed by atoms with van der Waals surface area (Å²) >= 11 is 0. The molecule has 1 aliphatic heterocycles. The SMILES string of the molecule is CN(C)C(=O)Cc1ccccc1NC(=O)N[C@H]1COC2(CCCCC2)C1. The number of nitrogens with zero attached hydrogens (tertiary/aromatic N) is 1. The van der Waals surface area contributed by atoms with Crippen molar-refractivity contribution in [2.75, 3.05) is 26.0 Å². The van der Waals surface area contributed by atoms with Gasteiger partial charge < -0.3 is 20.3 Å². The summed E-state index contributed by atoms with van der Waals surface area (Å²) in [5.41, 5.74) is 1.46. The van der Waals surface area contributed by atoms with Crippen molar-refractivity contribution in [3.05, 3.63) is 29.8 Å². The van der Waals surface area contributed by atoms with Crippen molar-refractivity contribution in [3.63, 3.8) is 0 Å². The van der Waals surface area contributed by atoms with Crippen molar-refractivity contribution < 1.29 is 14.3 Å². The number of carbonyl (C=O) groups is 2. The molecular formula is C20H29N3O3. The predicted octanol–water partition coefficient (Wildman–Crippen LogP) is 2.93. The molecule has 3 rings (SSSR count). The van der Waals surface area contributed by atoms with Crippen LogP contribution < -0.4 is 10.6 Å². The molecule has 1 aromatic rings. The zero-order valence-corrected chi connectivity index (χ0v) is 15.7. The Morgan fingerprint density at radius 1 is 1.19 bits per heavy atom. The van der Waals surface area contributed by atoms with Crippen molar-refractivity contribution in [2.24, 2.45) is 0 Å². The van der Waals surface area contributed by atoms with Crippen molar-refractivity contribution in [1.29, 1.82) is 0 Å². The normalized spacial score (nSPS) is 21.4. The van der Waals surface area contributed by atoms with Gasteiger partial charge in [-0.15, -0.1) is 0 Å². The number of anilines is 1. The molecule has 2 N–H and O–H groups in total. The highest BCUT2D eigenvalue weighted by atomic mass is 16.5. The first kappa shape index (κ1) is 18.7. The molecule has 0 radical (unpaired) electrons. The molecule has 1 atom stereocenters. The zero-order valence-electron chi connectivity index (χ0n) is 15.7. The highest BCUT2D eigenvalue weighted by Gasteiger charge is 2.41. The van der Waals surface area contributed by atoms with Crippen molar-refractivity contribution in [1.82, 2.24) is 10.2 Å². The zero-order chi connectivity index (χ0) is 18.6. The molecule has 1 saturated heterocycles. The summed E-state index contributed by atoms with van der Waals surface area (Å²) in [4.78, 5) is 26.0. The lowest BCUT2D eigenvalue weighted by molar-refractivity contribution is -0.127. The number of carbonyl (C=O) groups excluding carboxylic acids is 2. The summed E-state index contributed by atoms with van der Waals surface area (Å²) in [7, 11) is 3.46. The molecule has 26 heavy (non-hydrogen) atoms. The highest BCUT2D eigenvalue weighted by Crippen LogP contribution is 2.39. The number of rotatable bonds is 4. The van der Waals surface area contributed by atoms with Gasteiger partial charge in [0.15, 0.2) is 0 Å². The van der Waals surface area contributed by atoms with E-state index >= 15 is 0 Å². The molecule has 1 aliphatic carbocycles. The van der Waals surface area contributed by atoms with E-state index in [9.17, 15) is 9.59 Å². The smallest absolute Gasteiger partial charge is 0.319 e.